The van der Waals surface area contributed by atoms with Crippen LogP contribution in [0.25, 0.3) is 11.0 Å². The largest absolute Gasteiger partial charge is 0.508 e. The summed E-state index contributed by atoms with van der Waals surface area (Å²) in [5.41, 5.74) is 4.20. The Morgan fingerprint density at radius 2 is 1.17 bits per heavy atom. The highest BCUT2D eigenvalue weighted by Gasteiger charge is 2.47. The van der Waals surface area contributed by atoms with E-state index in [2.05, 4.69) is 68.5 Å². The van der Waals surface area contributed by atoms with Gasteiger partial charge in [0.25, 0.3) is 5.91 Å². The number of rotatable bonds is 12. The lowest BCUT2D eigenvalue weighted by atomic mass is 9.85. The predicted molar refractivity (Wildman–Crippen MR) is 431 cm³/mol. The molecular weight excluding hydrogens is 1520 g/mol. The first-order valence-electron chi connectivity index (χ1n) is 37.8. The van der Waals surface area contributed by atoms with Crippen molar-refractivity contribution in [3.63, 3.8) is 0 Å². The summed E-state index contributed by atoms with van der Waals surface area (Å²) < 4.78 is 0. The van der Waals surface area contributed by atoms with Crippen LogP contribution >= 0.6 is 23.5 Å². The highest BCUT2D eigenvalue weighted by molar-refractivity contribution is 7.98. The Kier molecular flexibility index (Phi) is 30.9. The zero-order chi connectivity index (χ0) is 84.4. The van der Waals surface area contributed by atoms with E-state index >= 15 is 19.2 Å². The topological polar surface area (TPSA) is 493 Å². The number of nitrogens with one attached hydrogen (secondary N) is 12. The highest BCUT2D eigenvalue weighted by atomic mass is 32.2. The van der Waals surface area contributed by atoms with E-state index in [9.17, 15) is 63.6 Å². The van der Waals surface area contributed by atoms with Crippen LogP contribution < -0.4 is 64.2 Å². The van der Waals surface area contributed by atoms with Gasteiger partial charge >= 0.3 is 0 Å². The van der Waals surface area contributed by atoms with Crippen molar-refractivity contribution < 1.29 is 82.8 Å². The van der Waals surface area contributed by atoms with Gasteiger partial charge in [0.1, 0.15) is 88.6 Å². The van der Waals surface area contributed by atoms with Gasteiger partial charge in [0.15, 0.2) is 0 Å². The number of aromatic nitrogens is 2. The third-order valence-electron chi connectivity index (χ3n) is 20.3. The van der Waals surface area contributed by atoms with E-state index < -0.39 is 172 Å². The Bertz CT molecular complexity index is 4510. The van der Waals surface area contributed by atoms with Gasteiger partial charge in [0.2, 0.25) is 70.9 Å². The first-order valence-corrected chi connectivity index (χ1v) is 40.1. The molecule has 4 heterocycles. The third-order valence-corrected chi connectivity index (χ3v) is 22.6. The molecular formula is C81H105N15O17S2. The summed E-state index contributed by atoms with van der Waals surface area (Å²) in [6.45, 7) is 15.9. The summed E-state index contributed by atoms with van der Waals surface area (Å²) in [5.74, 6) is -12.1. The zero-order valence-electron chi connectivity index (χ0n) is 66.1. The number of aromatic amines is 1. The van der Waals surface area contributed by atoms with Gasteiger partial charge in [-0.2, -0.15) is 23.5 Å². The van der Waals surface area contributed by atoms with Crippen LogP contribution in [0.5, 0.6) is 11.5 Å². The molecule has 0 saturated carbocycles. The first-order chi connectivity index (χ1) is 54.3. The van der Waals surface area contributed by atoms with E-state index in [1.807, 2.05) is 18.2 Å². The summed E-state index contributed by atoms with van der Waals surface area (Å²) in [7, 11) is 0. The second-order valence-corrected chi connectivity index (χ2v) is 32.9. The van der Waals surface area contributed by atoms with Crippen LogP contribution in [0.4, 0.5) is 0 Å². The maximum absolute atomic E-state index is 15.4. The normalized spacial score (nSPS) is 25.8. The van der Waals surface area contributed by atoms with Gasteiger partial charge in [-0.1, -0.05) is 113 Å². The number of primary amides is 1. The predicted octanol–water partition coefficient (Wildman–Crippen LogP) is 1.43. The molecule has 14 atom stereocenters. The minimum absolute atomic E-state index is 0.00875. The van der Waals surface area contributed by atoms with Crippen molar-refractivity contribution in [1.29, 1.82) is 0 Å². The summed E-state index contributed by atoms with van der Waals surface area (Å²) in [6, 6.07) is 15.1. The van der Waals surface area contributed by atoms with Crippen molar-refractivity contribution in [2.24, 2.45) is 17.1 Å². The lowest BCUT2D eigenvalue weighted by molar-refractivity contribution is -0.143. The molecule has 618 valence electrons. The summed E-state index contributed by atoms with van der Waals surface area (Å²) >= 11 is 2.52. The number of nitrogens with two attached hydrogens (primary N) is 1. The smallest absolute Gasteiger partial charge is 0.250 e. The van der Waals surface area contributed by atoms with Crippen LogP contribution in [0.15, 0.2) is 128 Å². The molecule has 115 heavy (non-hydrogen) atoms. The van der Waals surface area contributed by atoms with Crippen LogP contribution in [-0.2, 0) is 98.6 Å². The fourth-order valence-electron chi connectivity index (χ4n) is 13.2. The Labute approximate surface area is 675 Å². The Morgan fingerprint density at radius 1 is 0.609 bits per heavy atom. The molecule has 2 aliphatic rings. The fraction of sp³-hybridized carbons (Fsp3) is 0.457. The Morgan fingerprint density at radius 3 is 1.75 bits per heavy atom. The number of carbonyl (C=O) groups is 13. The quantitative estimate of drug-likeness (QED) is 0.0824. The molecule has 8 rings (SSSR count). The number of amides is 13. The first kappa shape index (κ1) is 89.5. The number of thioether (sulfide) groups is 2. The minimum atomic E-state index is -2.13. The van der Waals surface area contributed by atoms with Crippen molar-refractivity contribution in [3.05, 3.63) is 161 Å². The van der Waals surface area contributed by atoms with Crippen molar-refractivity contribution in [1.82, 2.24) is 73.4 Å². The number of H-pyrrole nitrogens is 1. The number of aromatic hydroxyl groups is 2. The molecule has 0 radical (unpaired) electrons. The minimum Gasteiger partial charge on any atom is -0.508 e. The standard InChI is InChI=1S/C81H105N15O17S2/c1-43(2)80(10)77(112)92-64(46(5)98)74(109)90-60(66(82)102)41-114-39-50-18-15-19-51(34-50)40-115-42-61(86-47(6)99)69(104)93-65(79(7,8)9)75(110)89-59(36-49-26-30-55(101)31-27-49)76(111)96-33-17-23-62(96)72(107)91-63(45(4)97)73(108)88-58(37-52-38-84-67-56(52)22-16-32-83-67)71(106)95-81(11,53-20-13-12-14-21-53)78(113)85-44(3)68(103)87-57(70(105)94-80)35-48-24-28-54(100)29-25-48/h12-16,18-22,24-32,34,38,43-46,57-65,97-98,100-101H,17,23,33,35-37,39-42H2,1-11H3,(H2,82,102)(H,83,84)(H,85,113)(H,86,99)(H,87,103)(H,88,108)(H,89,110)(H,90,109)(H,91,107)(H,92,112)(H,93,104)(H,94,105)(H,95,106)/t44-,45+,46+,57-,58-,59-,60+,61-,62-,63-,64-,65+,80-,81-/m0/s1. The molecule has 0 unspecified atom stereocenters. The van der Waals surface area contributed by atoms with Gasteiger partial charge in [0.05, 0.1) is 12.2 Å². The number of nitrogens with zero attached hydrogens (tertiary/aromatic N) is 2. The molecule has 13 amide bonds. The highest BCUT2D eigenvalue weighted by Crippen LogP contribution is 2.29. The van der Waals surface area contributed by atoms with Crippen molar-refractivity contribution in [2.75, 3.05) is 18.1 Å². The monoisotopic (exact) mass is 1620 g/mol. The average Bonchev–Trinajstić information content (AvgIpc) is 1.65. The van der Waals surface area contributed by atoms with E-state index in [0.717, 1.165) is 11.1 Å². The van der Waals surface area contributed by atoms with E-state index in [0.29, 0.717) is 33.5 Å². The molecule has 34 heteroatoms. The fourth-order valence-corrected chi connectivity index (χ4v) is 15.2. The molecule has 32 nitrogen and oxygen atoms in total. The number of phenols is 2. The summed E-state index contributed by atoms with van der Waals surface area (Å²) in [5, 5.41) is 73.1. The maximum atomic E-state index is 15.4. The van der Waals surface area contributed by atoms with Gasteiger partial charge in [0, 0.05) is 73.5 Å². The van der Waals surface area contributed by atoms with Crippen molar-refractivity contribution >= 4 is 111 Å². The van der Waals surface area contributed by atoms with Crippen LogP contribution in [-0.4, -0.2) is 208 Å². The molecule has 2 bridgehead atoms. The number of pyridine rings is 1. The number of carbonyl (C=O) groups excluding carboxylic acids is 13. The number of aliphatic hydroxyl groups excluding tert-OH is 2. The lowest BCUT2D eigenvalue weighted by Gasteiger charge is -2.36. The number of hydrogen-bond acceptors (Lipinski definition) is 20. The van der Waals surface area contributed by atoms with E-state index in [1.165, 1.54) is 137 Å². The SMILES string of the molecule is CC(=O)N[C@H]1CSCc2cccc(c2)CSC[C@H](C(N)=O)NC(=O)[C@H]([C@@H](C)O)NC(=O)[C@](C)(C(C)C)NC(=O)[C@H](Cc2ccc(O)cc2)NC(=O)[C@H](C)NC(=O)[C@](C)(c2ccccc2)NC(=O)[C@H](Cc2c[nH]c3ncccc23)NC(=O)[C@H]([C@@H](C)O)NC(=O)[C@@H]2CCCN2C(=O)[C@H](Cc2ccc(O)cc2)NC(=O)[C@H](C(C)(C)C)NC1=O. The van der Waals surface area contributed by atoms with Gasteiger partial charge in [-0.3, -0.25) is 62.3 Å². The van der Waals surface area contributed by atoms with Crippen LogP contribution in [0.2, 0.25) is 0 Å². The molecule has 2 aromatic heterocycles. The Hall–Kier alpha value is -11.1. The lowest BCUT2D eigenvalue weighted by Crippen LogP contribution is -2.67. The van der Waals surface area contributed by atoms with Gasteiger partial charge < -0.3 is 94.5 Å². The number of phenolic OH excluding ortho intramolecular Hbond substituents is 2. The molecule has 4 aromatic carbocycles. The molecule has 6 aromatic rings. The second-order valence-electron chi connectivity index (χ2n) is 30.8. The molecule has 18 N–H and O–H groups in total. The second kappa shape index (κ2) is 39.8. The van der Waals surface area contributed by atoms with Gasteiger partial charge in [-0.05, 0) is 129 Å². The number of benzene rings is 4. The number of aliphatic hydroxyl groups is 2. The molecule has 1 saturated heterocycles. The van der Waals surface area contributed by atoms with Crippen LogP contribution in [0.3, 0.4) is 0 Å². The van der Waals surface area contributed by atoms with Crippen molar-refractivity contribution in [2.45, 2.75) is 203 Å². The average molecular weight is 1620 g/mol. The number of hydrogen-bond donors (Lipinski definition) is 17. The summed E-state index contributed by atoms with van der Waals surface area (Å²) in [6.07, 6.45) is -0.678. The molecule has 0 aliphatic carbocycles. The summed E-state index contributed by atoms with van der Waals surface area (Å²) in [4.78, 5) is 198. The number of fused-ring (bicyclic) bond motifs is 4. The molecule has 2 aliphatic heterocycles. The Balaban J connectivity index is 1.15. The van der Waals surface area contributed by atoms with E-state index in [-0.39, 0.29) is 73.0 Å². The third kappa shape index (κ3) is 24.0. The van der Waals surface area contributed by atoms with Crippen molar-refractivity contribution in [3.8, 4) is 11.5 Å². The van der Waals surface area contributed by atoms with Gasteiger partial charge in [-0.25, -0.2) is 4.98 Å². The zero-order valence-corrected chi connectivity index (χ0v) is 67.7. The van der Waals surface area contributed by atoms with Gasteiger partial charge in [-0.15, -0.1) is 0 Å². The van der Waals surface area contributed by atoms with Crippen LogP contribution in [0, 0.1) is 11.3 Å². The maximum Gasteiger partial charge on any atom is 0.250 e. The molecule has 0 spiro atoms. The van der Waals surface area contributed by atoms with Crippen LogP contribution in [0.1, 0.15) is 122 Å². The molecule has 1 fully saturated rings. The van der Waals surface area contributed by atoms with E-state index in [1.54, 1.807) is 77.2 Å². The van der Waals surface area contributed by atoms with E-state index in [4.69, 9.17) is 5.73 Å².